The van der Waals surface area contributed by atoms with Crippen LogP contribution in [0.5, 0.6) is 11.6 Å². The van der Waals surface area contributed by atoms with Crippen molar-refractivity contribution in [3.8, 4) is 11.6 Å². The lowest BCUT2D eigenvalue weighted by atomic mass is 9.71. The summed E-state index contributed by atoms with van der Waals surface area (Å²) in [6, 6.07) is 8.77. The topological polar surface area (TPSA) is 66.7 Å². The van der Waals surface area contributed by atoms with E-state index in [1.807, 2.05) is 19.1 Å². The molecule has 156 valence electrons. The van der Waals surface area contributed by atoms with Gasteiger partial charge in [0, 0.05) is 16.8 Å². The fourth-order valence-corrected chi connectivity index (χ4v) is 4.50. The molecule has 0 aliphatic heterocycles. The van der Waals surface area contributed by atoms with Crippen LogP contribution < -0.4 is 10.2 Å². The van der Waals surface area contributed by atoms with E-state index in [1.165, 1.54) is 6.42 Å². The fourth-order valence-electron chi connectivity index (χ4n) is 4.19. The number of aryl methyl sites for hydroxylation is 1. The Bertz CT molecular complexity index is 915. The van der Waals surface area contributed by atoms with Gasteiger partial charge in [0.2, 0.25) is 5.88 Å². The number of hydrogen-bond acceptors (Lipinski definition) is 4. The van der Waals surface area contributed by atoms with Crippen LogP contribution >= 0.6 is 23.2 Å². The molecule has 1 aromatic carbocycles. The van der Waals surface area contributed by atoms with Gasteiger partial charge in [-0.05, 0) is 61.8 Å². The van der Waals surface area contributed by atoms with Gasteiger partial charge in [-0.2, -0.15) is 0 Å². The third kappa shape index (κ3) is 5.62. The Morgan fingerprint density at radius 2 is 2.00 bits per heavy atom. The van der Waals surface area contributed by atoms with Gasteiger partial charge in [-0.15, -0.1) is 0 Å². The van der Waals surface area contributed by atoms with E-state index in [1.54, 1.807) is 18.2 Å². The van der Waals surface area contributed by atoms with Crippen molar-refractivity contribution < 1.29 is 9.94 Å². The number of ether oxygens (including phenoxy) is 1. The summed E-state index contributed by atoms with van der Waals surface area (Å²) < 4.78 is 5.98. The normalized spacial score (nSPS) is 21.7. The van der Waals surface area contributed by atoms with E-state index in [0.29, 0.717) is 39.0 Å². The number of hydroxylamine groups is 1. The van der Waals surface area contributed by atoms with Crippen LogP contribution in [0.25, 0.3) is 0 Å². The fraction of sp³-hybridized carbons (Fsp3) is 0.455. The highest BCUT2D eigenvalue weighted by atomic mass is 35.5. The molecule has 0 radical (unpaired) electrons. The molecule has 7 heteroatoms. The van der Waals surface area contributed by atoms with Gasteiger partial charge in [0.15, 0.2) is 5.84 Å². The summed E-state index contributed by atoms with van der Waals surface area (Å²) >= 11 is 12.3. The van der Waals surface area contributed by atoms with E-state index in [2.05, 4.69) is 31.2 Å². The third-order valence-electron chi connectivity index (χ3n) is 5.14. The van der Waals surface area contributed by atoms with Crippen LogP contribution in [-0.2, 0) is 0 Å². The molecule has 2 aromatic rings. The van der Waals surface area contributed by atoms with Gasteiger partial charge in [0.1, 0.15) is 5.75 Å². The van der Waals surface area contributed by atoms with E-state index in [9.17, 15) is 5.21 Å². The maximum atomic E-state index is 9.85. The number of rotatable bonds is 4. The van der Waals surface area contributed by atoms with Crippen LogP contribution in [0.15, 0.2) is 35.3 Å². The molecule has 1 aliphatic rings. The molecule has 1 aromatic heterocycles. The van der Waals surface area contributed by atoms with Crippen LogP contribution in [0.4, 0.5) is 0 Å². The quantitative estimate of drug-likeness (QED) is 0.329. The van der Waals surface area contributed by atoms with Crippen LogP contribution in [0.3, 0.4) is 0 Å². The molecule has 2 N–H and O–H groups in total. The Kier molecular flexibility index (Phi) is 6.72. The van der Waals surface area contributed by atoms with Crippen LogP contribution in [0, 0.1) is 18.3 Å². The molecule has 5 nitrogen and oxygen atoms in total. The van der Waals surface area contributed by atoms with Gasteiger partial charge in [-0.3, -0.25) is 15.7 Å². The van der Waals surface area contributed by atoms with E-state index >= 15 is 0 Å². The predicted octanol–water partition coefficient (Wildman–Crippen LogP) is 6.43. The lowest BCUT2D eigenvalue weighted by Gasteiger charge is -2.37. The molecule has 2 atom stereocenters. The van der Waals surface area contributed by atoms with Crippen LogP contribution in [0.2, 0.25) is 10.0 Å². The van der Waals surface area contributed by atoms with Gasteiger partial charge < -0.3 is 4.74 Å². The van der Waals surface area contributed by atoms with Crippen molar-refractivity contribution in [2.24, 2.45) is 16.3 Å². The van der Waals surface area contributed by atoms with E-state index in [0.717, 1.165) is 18.5 Å². The first-order chi connectivity index (χ1) is 13.7. The standard InChI is InChI=1S/C22H27Cl2N3O2/c1-13-9-16(12-22(3,4)11-13)26-20(27-28)17-7-5-14(2)25-21(17)29-19-10-15(23)6-8-18(19)24/h5-8,10,13,16,28H,9,11-12H2,1-4H3,(H,26,27). The Labute approximate surface area is 182 Å². The van der Waals surface area contributed by atoms with Gasteiger partial charge in [-0.25, -0.2) is 4.98 Å². The Morgan fingerprint density at radius 1 is 1.24 bits per heavy atom. The zero-order chi connectivity index (χ0) is 21.2. The first-order valence-electron chi connectivity index (χ1n) is 9.76. The number of nitrogens with one attached hydrogen (secondary N) is 1. The van der Waals surface area contributed by atoms with Crippen molar-refractivity contribution in [1.29, 1.82) is 0 Å². The number of aromatic nitrogens is 1. The second-order valence-corrected chi connectivity index (χ2v) is 9.48. The van der Waals surface area contributed by atoms with Crippen molar-refractivity contribution >= 4 is 29.0 Å². The molecule has 1 saturated carbocycles. The third-order valence-corrected chi connectivity index (χ3v) is 5.68. The van der Waals surface area contributed by atoms with Crippen molar-refractivity contribution in [3.05, 3.63) is 51.6 Å². The summed E-state index contributed by atoms with van der Waals surface area (Å²) in [7, 11) is 0. The second-order valence-electron chi connectivity index (χ2n) is 8.64. The average Bonchev–Trinajstić information content (AvgIpc) is 2.61. The lowest BCUT2D eigenvalue weighted by molar-refractivity contribution is 0.169. The number of benzene rings is 1. The summed E-state index contributed by atoms with van der Waals surface area (Å²) in [5.41, 5.74) is 3.79. The maximum Gasteiger partial charge on any atom is 0.230 e. The molecular formula is C22H27Cl2N3O2. The summed E-state index contributed by atoms with van der Waals surface area (Å²) in [5, 5.41) is 10.8. The SMILES string of the molecule is Cc1ccc(C(=NC2CC(C)CC(C)(C)C2)NO)c(Oc2cc(Cl)ccc2Cl)n1. The predicted molar refractivity (Wildman–Crippen MR) is 118 cm³/mol. The molecular weight excluding hydrogens is 409 g/mol. The van der Waals surface area contributed by atoms with Gasteiger partial charge in [0.05, 0.1) is 16.6 Å². The van der Waals surface area contributed by atoms with Crippen molar-refractivity contribution in [2.75, 3.05) is 0 Å². The largest absolute Gasteiger partial charge is 0.437 e. The number of hydrogen-bond donors (Lipinski definition) is 2. The first-order valence-corrected chi connectivity index (χ1v) is 10.5. The highest BCUT2D eigenvalue weighted by molar-refractivity contribution is 6.34. The number of amidine groups is 1. The van der Waals surface area contributed by atoms with Crippen molar-refractivity contribution in [3.63, 3.8) is 0 Å². The summed E-state index contributed by atoms with van der Waals surface area (Å²) in [6.45, 7) is 8.64. The average molecular weight is 436 g/mol. The van der Waals surface area contributed by atoms with Crippen molar-refractivity contribution in [2.45, 2.75) is 53.0 Å². The summed E-state index contributed by atoms with van der Waals surface area (Å²) in [4.78, 5) is 9.31. The summed E-state index contributed by atoms with van der Waals surface area (Å²) in [6.07, 6.45) is 3.11. The molecule has 0 spiro atoms. The monoisotopic (exact) mass is 435 g/mol. The minimum absolute atomic E-state index is 0.104. The molecule has 0 saturated heterocycles. The highest BCUT2D eigenvalue weighted by Crippen LogP contribution is 2.40. The maximum absolute atomic E-state index is 9.85. The van der Waals surface area contributed by atoms with Gasteiger partial charge in [0.25, 0.3) is 0 Å². The number of halogens is 2. The Balaban J connectivity index is 1.97. The summed E-state index contributed by atoms with van der Waals surface area (Å²) in [5.74, 6) is 1.60. The molecule has 2 unspecified atom stereocenters. The highest BCUT2D eigenvalue weighted by Gasteiger charge is 2.32. The smallest absolute Gasteiger partial charge is 0.230 e. The number of pyridine rings is 1. The van der Waals surface area contributed by atoms with Gasteiger partial charge in [-0.1, -0.05) is 44.0 Å². The molecule has 1 aliphatic carbocycles. The first kappa shape index (κ1) is 21.9. The molecule has 3 rings (SSSR count). The zero-order valence-corrected chi connectivity index (χ0v) is 18.7. The lowest BCUT2D eigenvalue weighted by Crippen LogP contribution is -2.32. The zero-order valence-electron chi connectivity index (χ0n) is 17.2. The van der Waals surface area contributed by atoms with E-state index in [-0.39, 0.29) is 11.5 Å². The van der Waals surface area contributed by atoms with Gasteiger partial charge >= 0.3 is 0 Å². The molecule has 1 heterocycles. The van der Waals surface area contributed by atoms with Crippen molar-refractivity contribution in [1.82, 2.24) is 10.5 Å². The van der Waals surface area contributed by atoms with E-state index in [4.69, 9.17) is 32.9 Å². The molecule has 1 fully saturated rings. The minimum Gasteiger partial charge on any atom is -0.437 e. The minimum atomic E-state index is 0.104. The Morgan fingerprint density at radius 3 is 2.69 bits per heavy atom. The number of nitrogens with zero attached hydrogens (tertiary/aromatic N) is 2. The number of aliphatic imine (C=N–C) groups is 1. The Hall–Kier alpha value is -1.82. The molecule has 29 heavy (non-hydrogen) atoms. The van der Waals surface area contributed by atoms with Crippen LogP contribution in [-0.4, -0.2) is 22.1 Å². The van der Waals surface area contributed by atoms with Crippen LogP contribution in [0.1, 0.15) is 51.3 Å². The second kappa shape index (κ2) is 8.90. The molecule has 0 amide bonds. The van der Waals surface area contributed by atoms with E-state index < -0.39 is 0 Å². The molecule has 0 bridgehead atoms.